The number of nitriles is 1. The number of carbonyl (C=O) groups is 2. The third-order valence-corrected chi connectivity index (χ3v) is 7.03. The quantitative estimate of drug-likeness (QED) is 0.0743. The Morgan fingerprint density at radius 3 is 2.40 bits per heavy atom. The number of aromatic nitrogens is 2. The van der Waals surface area contributed by atoms with E-state index in [1.165, 1.54) is 6.92 Å². The first-order valence-electron chi connectivity index (χ1n) is 13.8. The zero-order valence-corrected chi connectivity index (χ0v) is 24.1. The van der Waals surface area contributed by atoms with Crippen LogP contribution in [0, 0.1) is 16.7 Å². The number of carbonyl (C=O) groups excluding carboxylic acids is 2. The number of H-pyrrole nitrogens is 2. The van der Waals surface area contributed by atoms with Gasteiger partial charge in [-0.05, 0) is 74.6 Å². The maximum atomic E-state index is 12.9. The monoisotopic (exact) mass is 579 g/mol. The fourth-order valence-corrected chi connectivity index (χ4v) is 4.73. The van der Waals surface area contributed by atoms with Crippen molar-refractivity contribution in [3.05, 3.63) is 100 Å². The van der Waals surface area contributed by atoms with E-state index in [9.17, 15) is 24.8 Å². The summed E-state index contributed by atoms with van der Waals surface area (Å²) in [5.41, 5.74) is 2.12. The number of allylic oxidation sites excluding steroid dienone is 1. The second-order valence-electron chi connectivity index (χ2n) is 10.7. The summed E-state index contributed by atoms with van der Waals surface area (Å²) in [5.74, 6) is -1.13. The molecule has 0 aliphatic heterocycles. The highest BCUT2D eigenvalue weighted by Crippen LogP contribution is 2.35. The van der Waals surface area contributed by atoms with Crippen molar-refractivity contribution in [1.82, 2.24) is 9.97 Å². The minimum atomic E-state index is -0.708. The summed E-state index contributed by atoms with van der Waals surface area (Å²) in [5, 5.41) is 33.4. The Kier molecular flexibility index (Phi) is 9.52. The second kappa shape index (κ2) is 13.4. The third kappa shape index (κ3) is 8.27. The van der Waals surface area contributed by atoms with Gasteiger partial charge in [0, 0.05) is 17.8 Å². The molecule has 5 N–H and O–H groups in total. The molecule has 220 valence electrons. The van der Waals surface area contributed by atoms with Crippen LogP contribution in [0.25, 0.3) is 11.0 Å². The summed E-state index contributed by atoms with van der Waals surface area (Å²) in [6.07, 6.45) is 1.17. The molecule has 11 heteroatoms. The lowest BCUT2D eigenvalue weighted by Gasteiger charge is -2.25. The lowest BCUT2D eigenvalue weighted by atomic mass is 9.77. The number of hydrogen-bond donors (Lipinski definition) is 5. The fourth-order valence-electron chi connectivity index (χ4n) is 4.73. The van der Waals surface area contributed by atoms with E-state index in [-0.39, 0.29) is 35.4 Å². The van der Waals surface area contributed by atoms with Gasteiger partial charge in [0.05, 0.1) is 28.2 Å². The highest BCUT2D eigenvalue weighted by atomic mass is 16.3. The number of nitrogens with one attached hydrogen (secondary N) is 4. The van der Waals surface area contributed by atoms with E-state index in [4.69, 9.17) is 0 Å². The first kappa shape index (κ1) is 30.5. The Balaban J connectivity index is 1.35. The molecule has 11 nitrogen and oxygen atoms in total. The van der Waals surface area contributed by atoms with Crippen LogP contribution in [-0.2, 0) is 9.59 Å². The summed E-state index contributed by atoms with van der Waals surface area (Å²) < 4.78 is 0. The topological polar surface area (TPSA) is 176 Å². The molecule has 0 aliphatic rings. The number of rotatable bonds is 11. The molecule has 2 unspecified atom stereocenters. The van der Waals surface area contributed by atoms with Crippen LogP contribution in [-0.4, -0.2) is 26.9 Å². The van der Waals surface area contributed by atoms with Crippen LogP contribution in [0.15, 0.2) is 99.3 Å². The van der Waals surface area contributed by atoms with Crippen molar-refractivity contribution in [3.8, 4) is 6.07 Å². The van der Waals surface area contributed by atoms with Crippen LogP contribution in [0.5, 0.6) is 0 Å². The zero-order chi connectivity index (χ0) is 31.0. The molecule has 1 aromatic heterocycles. The van der Waals surface area contributed by atoms with Gasteiger partial charge in [0.1, 0.15) is 5.76 Å². The number of imidazole rings is 1. The minimum Gasteiger partial charge on any atom is -0.510 e. The summed E-state index contributed by atoms with van der Waals surface area (Å²) in [4.78, 5) is 42.4. The Labute approximate surface area is 248 Å². The van der Waals surface area contributed by atoms with Gasteiger partial charge >= 0.3 is 5.69 Å². The predicted octanol–water partition coefficient (Wildman–Crippen LogP) is 6.81. The number of aliphatic hydroxyl groups is 1. The SMILES string of the molecule is CC(O)=C(N=Nc1ccc2[nH]c(=O)[nH]c2c1)C(=O)Nc1cccc(NC(=O)CCC(C)(C#N)CC(C)c2ccccc2)c1. The van der Waals surface area contributed by atoms with Crippen LogP contribution in [0.1, 0.15) is 51.5 Å². The van der Waals surface area contributed by atoms with Crippen LogP contribution in [0.2, 0.25) is 0 Å². The van der Waals surface area contributed by atoms with Gasteiger partial charge in [0.2, 0.25) is 5.91 Å². The van der Waals surface area contributed by atoms with Crippen molar-refractivity contribution in [3.63, 3.8) is 0 Å². The van der Waals surface area contributed by atoms with Gasteiger partial charge < -0.3 is 25.7 Å². The van der Waals surface area contributed by atoms with Gasteiger partial charge in [-0.1, -0.05) is 43.3 Å². The minimum absolute atomic E-state index is 0.154. The van der Waals surface area contributed by atoms with Gasteiger partial charge in [-0.3, -0.25) is 9.59 Å². The molecule has 0 radical (unpaired) electrons. The number of nitrogens with zero attached hydrogens (tertiary/aromatic N) is 3. The molecule has 1 heterocycles. The van der Waals surface area contributed by atoms with Gasteiger partial charge in [-0.25, -0.2) is 4.79 Å². The molecule has 0 spiro atoms. The number of azo groups is 1. The number of fused-ring (bicyclic) bond motifs is 1. The van der Waals surface area contributed by atoms with Gasteiger partial charge in [-0.2, -0.15) is 10.4 Å². The number of aromatic amines is 2. The van der Waals surface area contributed by atoms with E-state index in [0.29, 0.717) is 40.9 Å². The van der Waals surface area contributed by atoms with Crippen molar-refractivity contribution in [2.75, 3.05) is 10.6 Å². The maximum Gasteiger partial charge on any atom is 0.323 e. The highest BCUT2D eigenvalue weighted by molar-refractivity contribution is 6.04. The van der Waals surface area contributed by atoms with Gasteiger partial charge in [0.15, 0.2) is 5.70 Å². The Morgan fingerprint density at radius 2 is 1.70 bits per heavy atom. The molecule has 3 aromatic carbocycles. The number of hydrogen-bond acceptors (Lipinski definition) is 7. The summed E-state index contributed by atoms with van der Waals surface area (Å²) in [6, 6.07) is 23.8. The normalized spacial score (nSPS) is 14.0. The number of amides is 2. The number of aliphatic hydroxyl groups excluding tert-OH is 1. The van der Waals surface area contributed by atoms with Crippen molar-refractivity contribution in [1.29, 1.82) is 5.26 Å². The van der Waals surface area contributed by atoms with Gasteiger partial charge in [-0.15, -0.1) is 5.11 Å². The van der Waals surface area contributed by atoms with Crippen LogP contribution in [0.3, 0.4) is 0 Å². The Morgan fingerprint density at radius 1 is 1.00 bits per heavy atom. The smallest absolute Gasteiger partial charge is 0.323 e. The molecule has 2 amide bonds. The molecule has 0 fully saturated rings. The second-order valence-corrected chi connectivity index (χ2v) is 10.7. The molecule has 0 aliphatic carbocycles. The fraction of sp³-hybridized carbons (Fsp3) is 0.250. The van der Waals surface area contributed by atoms with E-state index in [1.807, 2.05) is 37.3 Å². The summed E-state index contributed by atoms with van der Waals surface area (Å²) >= 11 is 0. The van der Waals surface area contributed by atoms with E-state index in [2.05, 4.69) is 43.8 Å². The van der Waals surface area contributed by atoms with E-state index >= 15 is 0 Å². The molecule has 0 bridgehead atoms. The molecular formula is C32H33N7O4. The molecule has 0 saturated heterocycles. The standard InChI is InChI=1S/C32H33N7O4/c1-20(22-8-5-4-6-9-22)18-32(3,19-33)15-14-28(41)34-23-10-7-11-24(16-23)35-30(42)29(21(2)40)39-38-25-12-13-26-27(17-25)37-31(43)36-26/h4-13,16-17,20,40H,14-15,18H2,1-3H3,(H,34,41)(H,35,42)(H2,36,37,43). The molecule has 4 rings (SSSR count). The zero-order valence-electron chi connectivity index (χ0n) is 24.1. The van der Waals surface area contributed by atoms with Crippen molar-refractivity contribution in [2.45, 2.75) is 46.0 Å². The first-order valence-corrected chi connectivity index (χ1v) is 13.8. The van der Waals surface area contributed by atoms with Crippen LogP contribution in [0.4, 0.5) is 17.1 Å². The average molecular weight is 580 g/mol. The van der Waals surface area contributed by atoms with Crippen molar-refractivity contribution in [2.24, 2.45) is 15.6 Å². The largest absolute Gasteiger partial charge is 0.510 e. The molecule has 4 aromatic rings. The van der Waals surface area contributed by atoms with E-state index < -0.39 is 11.3 Å². The molecule has 0 saturated carbocycles. The average Bonchev–Trinajstić information content (AvgIpc) is 3.36. The lowest BCUT2D eigenvalue weighted by Crippen LogP contribution is -2.21. The molecule has 2 atom stereocenters. The first-order chi connectivity index (χ1) is 20.5. The van der Waals surface area contributed by atoms with Crippen molar-refractivity contribution >= 4 is 39.9 Å². The summed E-state index contributed by atoms with van der Waals surface area (Å²) in [7, 11) is 0. The van der Waals surface area contributed by atoms with Gasteiger partial charge in [0.25, 0.3) is 5.91 Å². The van der Waals surface area contributed by atoms with Crippen molar-refractivity contribution < 1.29 is 14.7 Å². The maximum absolute atomic E-state index is 12.9. The van der Waals surface area contributed by atoms with E-state index in [0.717, 1.165) is 5.56 Å². The third-order valence-electron chi connectivity index (χ3n) is 7.03. The number of anilines is 2. The van der Waals surface area contributed by atoms with E-state index in [1.54, 1.807) is 42.5 Å². The van der Waals surface area contributed by atoms with Crippen LogP contribution < -0.4 is 16.3 Å². The Hall–Kier alpha value is -5.50. The molecule has 43 heavy (non-hydrogen) atoms. The lowest BCUT2D eigenvalue weighted by molar-refractivity contribution is -0.116. The van der Waals surface area contributed by atoms with Crippen LogP contribution >= 0.6 is 0 Å². The molecular weight excluding hydrogens is 546 g/mol. The Bertz CT molecular complexity index is 1780. The summed E-state index contributed by atoms with van der Waals surface area (Å²) in [6.45, 7) is 5.27. The number of benzene rings is 3. The predicted molar refractivity (Wildman–Crippen MR) is 165 cm³/mol. The highest BCUT2D eigenvalue weighted by Gasteiger charge is 2.28.